The number of aromatic nitrogens is 1. The number of carbonyl (C=O) groups is 1. The molecular formula is C31H36N4O3. The first-order valence-electron chi connectivity index (χ1n) is 14.2. The Morgan fingerprint density at radius 2 is 1.82 bits per heavy atom. The molecule has 38 heavy (non-hydrogen) atoms. The summed E-state index contributed by atoms with van der Waals surface area (Å²) in [6, 6.07) is 11.5. The summed E-state index contributed by atoms with van der Waals surface area (Å²) in [4.78, 5) is 28.9. The number of nitrogens with one attached hydrogen (secondary N) is 2. The molecule has 1 aliphatic heterocycles. The van der Waals surface area contributed by atoms with Gasteiger partial charge in [-0.25, -0.2) is 0 Å². The average molecular weight is 513 g/mol. The number of furan rings is 1. The molecule has 1 saturated heterocycles. The number of piperidine rings is 1. The maximum Gasteiger partial charge on any atom is 0.287 e. The van der Waals surface area contributed by atoms with E-state index in [4.69, 9.17) is 4.42 Å². The highest BCUT2D eigenvalue weighted by Crippen LogP contribution is 2.46. The van der Waals surface area contributed by atoms with Crippen LogP contribution in [0.3, 0.4) is 0 Å². The van der Waals surface area contributed by atoms with E-state index >= 15 is 0 Å². The van der Waals surface area contributed by atoms with Crippen molar-refractivity contribution >= 4 is 5.91 Å². The Balaban J connectivity index is 1.29. The van der Waals surface area contributed by atoms with Crippen LogP contribution in [0.2, 0.25) is 0 Å². The summed E-state index contributed by atoms with van der Waals surface area (Å²) in [5.41, 5.74) is 5.05. The molecule has 7 heteroatoms. The van der Waals surface area contributed by atoms with Crippen LogP contribution in [-0.2, 0) is 6.42 Å². The van der Waals surface area contributed by atoms with Crippen molar-refractivity contribution in [2.75, 3.05) is 19.6 Å². The van der Waals surface area contributed by atoms with E-state index < -0.39 is 0 Å². The first kappa shape index (κ1) is 25.0. The maximum atomic E-state index is 13.5. The number of hydrogen-bond donors (Lipinski definition) is 2. The Labute approximate surface area is 223 Å². The van der Waals surface area contributed by atoms with Crippen molar-refractivity contribution in [2.24, 2.45) is 16.5 Å². The van der Waals surface area contributed by atoms with Crippen molar-refractivity contribution in [1.82, 2.24) is 15.6 Å². The van der Waals surface area contributed by atoms with Gasteiger partial charge in [0.25, 0.3) is 5.91 Å². The second kappa shape index (κ2) is 10.8. The molecule has 7 nitrogen and oxygen atoms in total. The molecule has 0 bridgehead atoms. The lowest BCUT2D eigenvalue weighted by molar-refractivity contribution is 0.0629. The van der Waals surface area contributed by atoms with Crippen LogP contribution in [-0.4, -0.2) is 30.5 Å². The lowest BCUT2D eigenvalue weighted by atomic mass is 9.63. The standard InChI is InChI=1S/C31H36N4O3/c36-30(34-20-31(12-2-1-3-13-31)24-10-16-33-17-11-24)28-19-26(29(38-28)21-8-14-32-15-9-21)23-4-6-25-22(18-23)5-7-27(25)35-37/h4,6,8-9,14-15,18-19,24,27,33H,1-3,5,7,10-13,16-17,20H2,(H,34,36). The molecule has 0 radical (unpaired) electrons. The molecule has 0 spiro atoms. The minimum Gasteiger partial charge on any atom is -0.450 e. The quantitative estimate of drug-likeness (QED) is 0.355. The fraction of sp³-hybridized carbons (Fsp3) is 0.484. The highest BCUT2D eigenvalue weighted by Gasteiger charge is 2.40. The minimum atomic E-state index is -0.267. The summed E-state index contributed by atoms with van der Waals surface area (Å²) in [7, 11) is 0. The van der Waals surface area contributed by atoms with Crippen molar-refractivity contribution < 1.29 is 9.21 Å². The van der Waals surface area contributed by atoms with Gasteiger partial charge >= 0.3 is 0 Å². The molecule has 198 valence electrons. The van der Waals surface area contributed by atoms with Crippen LogP contribution >= 0.6 is 0 Å². The number of pyridine rings is 1. The third-order valence-corrected chi connectivity index (χ3v) is 9.18. The molecule has 2 aromatic heterocycles. The van der Waals surface area contributed by atoms with E-state index in [1.165, 1.54) is 44.9 Å². The third kappa shape index (κ3) is 4.80. The number of aryl methyl sites for hydroxylation is 1. The zero-order valence-electron chi connectivity index (χ0n) is 21.9. The van der Waals surface area contributed by atoms with Crippen molar-refractivity contribution in [3.63, 3.8) is 0 Å². The number of nitroso groups, excluding NO2 is 1. The van der Waals surface area contributed by atoms with E-state index in [9.17, 15) is 9.70 Å². The summed E-state index contributed by atoms with van der Waals surface area (Å²) in [6.45, 7) is 2.85. The summed E-state index contributed by atoms with van der Waals surface area (Å²) in [5, 5.41) is 10.1. The summed E-state index contributed by atoms with van der Waals surface area (Å²) < 4.78 is 6.28. The van der Waals surface area contributed by atoms with Gasteiger partial charge in [-0.1, -0.05) is 42.6 Å². The van der Waals surface area contributed by atoms with Gasteiger partial charge in [-0.2, -0.15) is 4.91 Å². The van der Waals surface area contributed by atoms with Gasteiger partial charge in [-0.05, 0) is 97.8 Å². The molecule has 2 aliphatic carbocycles. The molecule has 3 heterocycles. The van der Waals surface area contributed by atoms with Crippen LogP contribution < -0.4 is 10.6 Å². The number of rotatable bonds is 7. The van der Waals surface area contributed by atoms with Crippen LogP contribution in [0.15, 0.2) is 58.4 Å². The van der Waals surface area contributed by atoms with Crippen LogP contribution in [0.25, 0.3) is 22.5 Å². The molecule has 2 fully saturated rings. The molecule has 1 amide bonds. The molecule has 3 aromatic rings. The number of nitrogens with zero attached hydrogens (tertiary/aromatic N) is 2. The van der Waals surface area contributed by atoms with Crippen LogP contribution in [0, 0.1) is 16.2 Å². The monoisotopic (exact) mass is 512 g/mol. The lowest BCUT2D eigenvalue weighted by Crippen LogP contribution is -2.47. The fourth-order valence-electron chi connectivity index (χ4n) is 7.07. The highest BCUT2D eigenvalue weighted by molar-refractivity contribution is 5.95. The molecule has 1 unspecified atom stereocenters. The van der Waals surface area contributed by atoms with Crippen molar-refractivity contribution in [3.05, 3.63) is 70.6 Å². The predicted molar refractivity (Wildman–Crippen MR) is 148 cm³/mol. The fourth-order valence-corrected chi connectivity index (χ4v) is 7.07. The van der Waals surface area contributed by atoms with Gasteiger partial charge in [0.1, 0.15) is 11.8 Å². The Kier molecular flexibility index (Phi) is 7.11. The normalized spacial score (nSPS) is 21.1. The van der Waals surface area contributed by atoms with Gasteiger partial charge in [-0.15, -0.1) is 0 Å². The molecule has 6 rings (SSSR count). The largest absolute Gasteiger partial charge is 0.450 e. The summed E-state index contributed by atoms with van der Waals surface area (Å²) in [5.74, 6) is 1.49. The molecule has 3 aliphatic rings. The number of hydrogen-bond acceptors (Lipinski definition) is 6. The van der Waals surface area contributed by atoms with Gasteiger partial charge in [0.2, 0.25) is 0 Å². The van der Waals surface area contributed by atoms with Gasteiger partial charge < -0.3 is 15.1 Å². The summed E-state index contributed by atoms with van der Waals surface area (Å²) in [6.07, 6.45) is 13.6. The van der Waals surface area contributed by atoms with E-state index in [0.717, 1.165) is 53.7 Å². The van der Waals surface area contributed by atoms with E-state index in [1.807, 2.05) is 30.3 Å². The van der Waals surface area contributed by atoms with E-state index in [2.05, 4.69) is 26.9 Å². The molecule has 1 atom stereocenters. The zero-order valence-corrected chi connectivity index (χ0v) is 21.9. The van der Waals surface area contributed by atoms with E-state index in [0.29, 0.717) is 24.0 Å². The number of fused-ring (bicyclic) bond motifs is 1. The predicted octanol–water partition coefficient (Wildman–Crippen LogP) is 6.44. The van der Waals surface area contributed by atoms with Crippen molar-refractivity contribution in [3.8, 4) is 22.5 Å². The first-order chi connectivity index (χ1) is 18.7. The molecular weight excluding hydrogens is 476 g/mol. The van der Waals surface area contributed by atoms with Crippen molar-refractivity contribution in [1.29, 1.82) is 0 Å². The molecule has 1 saturated carbocycles. The smallest absolute Gasteiger partial charge is 0.287 e. The lowest BCUT2D eigenvalue weighted by Gasteiger charge is -2.45. The maximum absolute atomic E-state index is 13.5. The van der Waals surface area contributed by atoms with Crippen LogP contribution in [0.1, 0.15) is 79.1 Å². The highest BCUT2D eigenvalue weighted by atomic mass is 16.4. The third-order valence-electron chi connectivity index (χ3n) is 9.18. The van der Waals surface area contributed by atoms with E-state index in [-0.39, 0.29) is 17.4 Å². The van der Waals surface area contributed by atoms with Gasteiger partial charge in [-0.3, -0.25) is 9.78 Å². The number of carbonyl (C=O) groups excluding carboxylic acids is 1. The van der Waals surface area contributed by atoms with Crippen LogP contribution in [0.5, 0.6) is 0 Å². The second-order valence-corrected chi connectivity index (χ2v) is 11.3. The van der Waals surface area contributed by atoms with Crippen molar-refractivity contribution in [2.45, 2.75) is 63.8 Å². The Morgan fingerprint density at radius 1 is 1.03 bits per heavy atom. The van der Waals surface area contributed by atoms with Gasteiger partial charge in [0.15, 0.2) is 5.76 Å². The minimum absolute atomic E-state index is 0.156. The van der Waals surface area contributed by atoms with Gasteiger partial charge in [0, 0.05) is 30.1 Å². The Hall–Kier alpha value is -3.32. The van der Waals surface area contributed by atoms with Gasteiger partial charge in [0.05, 0.1) is 0 Å². The topological polar surface area (TPSA) is 96.6 Å². The SMILES string of the molecule is O=NC1CCc2cc(-c3cc(C(=O)NCC4(C5CCNCC5)CCCCC4)oc3-c3ccncc3)ccc21. The second-order valence-electron chi connectivity index (χ2n) is 11.3. The molecule has 2 N–H and O–H groups in total. The Bertz CT molecular complexity index is 1290. The summed E-state index contributed by atoms with van der Waals surface area (Å²) >= 11 is 0. The number of amides is 1. The number of benzene rings is 1. The Morgan fingerprint density at radius 3 is 2.58 bits per heavy atom. The first-order valence-corrected chi connectivity index (χ1v) is 14.2. The van der Waals surface area contributed by atoms with Crippen LogP contribution in [0.4, 0.5) is 0 Å². The molecule has 1 aromatic carbocycles. The van der Waals surface area contributed by atoms with E-state index in [1.54, 1.807) is 12.4 Å². The average Bonchev–Trinajstić information content (AvgIpc) is 3.62. The zero-order chi connectivity index (χ0) is 26.0.